The number of aromatic nitrogens is 1. The lowest BCUT2D eigenvalue weighted by Crippen LogP contribution is -2.45. The molecular weight excluding hydrogens is 426 g/mol. The van der Waals surface area contributed by atoms with E-state index in [1.807, 2.05) is 44.2 Å². The third-order valence-corrected chi connectivity index (χ3v) is 6.65. The van der Waals surface area contributed by atoms with Crippen molar-refractivity contribution in [1.82, 2.24) is 15.6 Å². The van der Waals surface area contributed by atoms with E-state index in [1.165, 1.54) is 11.3 Å². The number of nitrogens with one attached hydrogen (secondary N) is 3. The molecule has 0 unspecified atom stereocenters. The van der Waals surface area contributed by atoms with Crippen LogP contribution in [0.5, 0.6) is 5.75 Å². The third kappa shape index (κ3) is 3.78. The zero-order valence-electron chi connectivity index (χ0n) is 18.0. The van der Waals surface area contributed by atoms with Crippen molar-refractivity contribution in [2.75, 3.05) is 23.3 Å². The van der Waals surface area contributed by atoms with E-state index in [0.29, 0.717) is 26.8 Å². The molecule has 32 heavy (non-hydrogen) atoms. The molecule has 0 radical (unpaired) electrons. The van der Waals surface area contributed by atoms with Crippen molar-refractivity contribution >= 4 is 50.6 Å². The Balaban J connectivity index is 1.50. The Hall–Kier alpha value is -3.17. The van der Waals surface area contributed by atoms with Crippen LogP contribution in [0.15, 0.2) is 36.5 Å². The Bertz CT molecular complexity index is 1170. The van der Waals surface area contributed by atoms with Crippen LogP contribution >= 0.6 is 11.3 Å². The lowest BCUT2D eigenvalue weighted by molar-refractivity contribution is 0.0935. The minimum atomic E-state index is -0.311. The first kappa shape index (κ1) is 20.7. The number of carbonyl (C=O) groups excluding carboxylic acids is 2. The molecule has 3 amide bonds. The van der Waals surface area contributed by atoms with Gasteiger partial charge in [-0.15, -0.1) is 11.3 Å². The van der Waals surface area contributed by atoms with Gasteiger partial charge in [0.1, 0.15) is 15.5 Å². The molecule has 1 atom stereocenters. The maximum absolute atomic E-state index is 13.1. The van der Waals surface area contributed by atoms with Gasteiger partial charge in [0.25, 0.3) is 5.91 Å². The van der Waals surface area contributed by atoms with Crippen LogP contribution < -0.4 is 25.6 Å². The molecule has 2 aliphatic heterocycles. The molecule has 2 aromatic heterocycles. The summed E-state index contributed by atoms with van der Waals surface area (Å²) in [5, 5.41) is 10.1. The molecule has 0 aliphatic carbocycles. The second kappa shape index (κ2) is 8.40. The van der Waals surface area contributed by atoms with E-state index in [0.717, 1.165) is 37.1 Å². The minimum Gasteiger partial charge on any atom is -0.491 e. The minimum absolute atomic E-state index is 0.0706. The maximum Gasteiger partial charge on any atom is 0.331 e. The summed E-state index contributed by atoms with van der Waals surface area (Å²) in [7, 11) is 0. The predicted octanol–water partition coefficient (Wildman–Crippen LogP) is 4.25. The predicted molar refractivity (Wildman–Crippen MR) is 126 cm³/mol. The molecule has 4 heterocycles. The average Bonchev–Trinajstić information content (AvgIpc) is 3.15. The van der Waals surface area contributed by atoms with Crippen molar-refractivity contribution in [2.24, 2.45) is 0 Å². The van der Waals surface area contributed by atoms with Crippen molar-refractivity contribution in [1.29, 1.82) is 0 Å². The zero-order valence-corrected chi connectivity index (χ0v) is 18.8. The number of carbonyl (C=O) groups is 2. The molecule has 0 saturated carbocycles. The summed E-state index contributed by atoms with van der Waals surface area (Å²) in [6, 6.07) is 8.98. The largest absolute Gasteiger partial charge is 0.491 e. The van der Waals surface area contributed by atoms with Crippen molar-refractivity contribution in [2.45, 2.75) is 38.8 Å². The summed E-state index contributed by atoms with van der Waals surface area (Å²) >= 11 is 1.30. The smallest absolute Gasteiger partial charge is 0.331 e. The molecule has 5 rings (SSSR count). The molecule has 0 spiro atoms. The molecule has 0 bridgehead atoms. The van der Waals surface area contributed by atoms with Crippen LogP contribution in [-0.4, -0.2) is 42.2 Å². The van der Waals surface area contributed by atoms with Crippen LogP contribution in [-0.2, 0) is 0 Å². The van der Waals surface area contributed by atoms with Crippen molar-refractivity contribution in [3.05, 3.63) is 41.4 Å². The van der Waals surface area contributed by atoms with E-state index in [9.17, 15) is 9.59 Å². The van der Waals surface area contributed by atoms with Gasteiger partial charge in [-0.1, -0.05) is 0 Å². The van der Waals surface area contributed by atoms with E-state index in [2.05, 4.69) is 20.9 Å². The van der Waals surface area contributed by atoms with Gasteiger partial charge in [0.2, 0.25) is 0 Å². The van der Waals surface area contributed by atoms with Gasteiger partial charge in [-0.3, -0.25) is 9.69 Å². The summed E-state index contributed by atoms with van der Waals surface area (Å²) < 4.78 is 5.71. The third-order valence-electron chi connectivity index (χ3n) is 5.55. The number of anilines is 3. The van der Waals surface area contributed by atoms with Crippen molar-refractivity contribution in [3.63, 3.8) is 0 Å². The van der Waals surface area contributed by atoms with Gasteiger partial charge in [-0.05, 0) is 63.6 Å². The van der Waals surface area contributed by atoms with E-state index < -0.39 is 0 Å². The first-order valence-corrected chi connectivity index (χ1v) is 11.6. The summed E-state index contributed by atoms with van der Waals surface area (Å²) in [6.45, 7) is 5.67. The normalized spacial score (nSPS) is 18.0. The molecule has 1 fully saturated rings. The fourth-order valence-corrected chi connectivity index (χ4v) is 5.19. The van der Waals surface area contributed by atoms with E-state index in [-0.39, 0.29) is 24.1 Å². The monoisotopic (exact) mass is 451 g/mol. The molecule has 1 aromatic carbocycles. The van der Waals surface area contributed by atoms with E-state index in [1.54, 1.807) is 11.1 Å². The highest BCUT2D eigenvalue weighted by molar-refractivity contribution is 7.21. The van der Waals surface area contributed by atoms with Gasteiger partial charge in [0, 0.05) is 18.8 Å². The number of nitrogens with zero attached hydrogens (tertiary/aromatic N) is 2. The molecule has 1 saturated heterocycles. The fraction of sp³-hybridized carbons (Fsp3) is 0.348. The van der Waals surface area contributed by atoms with Gasteiger partial charge >= 0.3 is 6.03 Å². The van der Waals surface area contributed by atoms with Crippen molar-refractivity contribution in [3.8, 4) is 5.75 Å². The molecule has 9 heteroatoms. The second-order valence-corrected chi connectivity index (χ2v) is 9.26. The topological polar surface area (TPSA) is 95.6 Å². The number of thiophene rings is 1. The first-order chi connectivity index (χ1) is 15.5. The summed E-state index contributed by atoms with van der Waals surface area (Å²) in [4.78, 5) is 33.5. The Morgan fingerprint density at radius 3 is 2.81 bits per heavy atom. The Kier molecular flexibility index (Phi) is 5.44. The van der Waals surface area contributed by atoms with E-state index >= 15 is 0 Å². The standard InChI is InChI=1S/C23H25N5O3S/c1-13(2)31-16-7-5-15(6-8-16)28-17-9-11-25-22-18(17)19(27-23(28)30)20(32-22)21(29)26-14-4-3-10-24-12-14/h5-9,11,13-14,24H,3-4,10,12H2,1-2H3,(H,26,29)(H,27,30)/t14-/m1/s1. The average molecular weight is 452 g/mol. The Morgan fingerprint density at radius 2 is 2.09 bits per heavy atom. The number of hydrogen-bond acceptors (Lipinski definition) is 6. The van der Waals surface area contributed by atoms with Crippen molar-refractivity contribution < 1.29 is 14.3 Å². The highest BCUT2D eigenvalue weighted by Crippen LogP contribution is 2.45. The number of pyridine rings is 1. The van der Waals surface area contributed by atoms with E-state index in [4.69, 9.17) is 4.74 Å². The highest BCUT2D eigenvalue weighted by atomic mass is 32.1. The Morgan fingerprint density at radius 1 is 1.28 bits per heavy atom. The van der Waals surface area contributed by atoms with Crippen LogP contribution in [0.4, 0.5) is 21.9 Å². The van der Waals surface area contributed by atoms with Crippen LogP contribution in [0, 0.1) is 0 Å². The summed E-state index contributed by atoms with van der Waals surface area (Å²) in [6.07, 6.45) is 3.72. The fourth-order valence-electron chi connectivity index (χ4n) is 4.17. The lowest BCUT2D eigenvalue weighted by atomic mass is 10.1. The summed E-state index contributed by atoms with van der Waals surface area (Å²) in [5.74, 6) is 0.569. The number of amides is 3. The van der Waals surface area contributed by atoms with Gasteiger partial charge in [-0.2, -0.15) is 0 Å². The van der Waals surface area contributed by atoms with Crippen LogP contribution in [0.2, 0.25) is 0 Å². The van der Waals surface area contributed by atoms with Gasteiger partial charge in [-0.25, -0.2) is 9.78 Å². The van der Waals surface area contributed by atoms with Crippen LogP contribution in [0.1, 0.15) is 36.4 Å². The number of benzene rings is 1. The molecular formula is C23H25N5O3S. The summed E-state index contributed by atoms with van der Waals surface area (Å²) in [5.41, 5.74) is 1.96. The Labute approximate surface area is 190 Å². The highest BCUT2D eigenvalue weighted by Gasteiger charge is 2.33. The maximum atomic E-state index is 13.1. The van der Waals surface area contributed by atoms with Gasteiger partial charge in [0.05, 0.1) is 28.6 Å². The second-order valence-electron chi connectivity index (χ2n) is 8.26. The molecule has 3 aromatic rings. The van der Waals surface area contributed by atoms with Gasteiger partial charge < -0.3 is 20.7 Å². The number of piperidine rings is 1. The number of ether oxygens (including phenoxy) is 1. The first-order valence-electron chi connectivity index (χ1n) is 10.8. The van der Waals surface area contributed by atoms with Crippen LogP contribution in [0.25, 0.3) is 10.2 Å². The van der Waals surface area contributed by atoms with Crippen LogP contribution in [0.3, 0.4) is 0 Å². The lowest BCUT2D eigenvalue weighted by Gasteiger charge is -2.28. The number of rotatable bonds is 5. The van der Waals surface area contributed by atoms with Gasteiger partial charge in [0.15, 0.2) is 0 Å². The number of hydrogen-bond donors (Lipinski definition) is 3. The molecule has 3 N–H and O–H groups in total. The molecule has 166 valence electrons. The zero-order chi connectivity index (χ0) is 22.2. The number of urea groups is 1. The SMILES string of the molecule is CC(C)Oc1ccc(N2C(=O)Nc3c(C(=O)N[C@@H]4CCCNC4)sc4nccc2c34)cc1. The quantitative estimate of drug-likeness (QED) is 0.539. The molecule has 8 nitrogen and oxygen atoms in total. The molecule has 2 aliphatic rings.